The predicted octanol–water partition coefficient (Wildman–Crippen LogP) is 6.23. The number of hydrogen-bond acceptors (Lipinski definition) is 6. The Labute approximate surface area is 226 Å². The van der Waals surface area contributed by atoms with Crippen LogP contribution in [0.5, 0.6) is 0 Å². The van der Waals surface area contributed by atoms with E-state index in [2.05, 4.69) is 15.5 Å². The van der Waals surface area contributed by atoms with Crippen molar-refractivity contribution in [3.05, 3.63) is 132 Å². The standard InChI is InChI=1S/C31H29N3O5/c1-30(2,3)38-29(37)33-26-21-13-20-25(32-26)27(28(35)36)34-39-31(22-14-7-4-8-15-22,23-16-9-5-10-17-23)24-18-11-6-12-19-24/h4-21H,1-3H3,(H,35,36)(H,32,33,37)/b34-27-. The van der Waals surface area contributed by atoms with Gasteiger partial charge < -0.3 is 14.7 Å². The van der Waals surface area contributed by atoms with Crippen LogP contribution >= 0.6 is 0 Å². The van der Waals surface area contributed by atoms with E-state index in [9.17, 15) is 14.7 Å². The van der Waals surface area contributed by atoms with Crippen LogP contribution in [0.15, 0.2) is 114 Å². The highest BCUT2D eigenvalue weighted by Gasteiger charge is 2.40. The molecule has 0 spiro atoms. The molecule has 1 amide bonds. The van der Waals surface area contributed by atoms with Gasteiger partial charge in [0.2, 0.25) is 11.3 Å². The Kier molecular flexibility index (Phi) is 8.05. The number of carboxylic acids is 1. The van der Waals surface area contributed by atoms with Crippen LogP contribution in [0.2, 0.25) is 0 Å². The molecule has 0 aliphatic carbocycles. The third kappa shape index (κ3) is 6.48. The summed E-state index contributed by atoms with van der Waals surface area (Å²) in [5, 5.41) is 16.8. The van der Waals surface area contributed by atoms with Gasteiger partial charge in [0.05, 0.1) is 0 Å². The Hall–Kier alpha value is -4.98. The first-order valence-corrected chi connectivity index (χ1v) is 12.3. The van der Waals surface area contributed by atoms with E-state index < -0.39 is 29.0 Å². The Morgan fingerprint density at radius 1 is 0.744 bits per heavy atom. The third-order valence-electron chi connectivity index (χ3n) is 5.64. The summed E-state index contributed by atoms with van der Waals surface area (Å²) in [7, 11) is 0. The second-order valence-corrected chi connectivity index (χ2v) is 9.65. The summed E-state index contributed by atoms with van der Waals surface area (Å²) in [4.78, 5) is 35.2. The second-order valence-electron chi connectivity index (χ2n) is 9.65. The van der Waals surface area contributed by atoms with E-state index >= 15 is 0 Å². The van der Waals surface area contributed by atoms with Gasteiger partial charge in [0, 0.05) is 16.7 Å². The molecule has 0 aliphatic heterocycles. The monoisotopic (exact) mass is 523 g/mol. The van der Waals surface area contributed by atoms with Crippen LogP contribution in [0.1, 0.15) is 43.2 Å². The number of rotatable bonds is 8. The molecule has 8 nitrogen and oxygen atoms in total. The fraction of sp³-hybridized carbons (Fsp3) is 0.161. The number of aromatic nitrogens is 1. The smallest absolute Gasteiger partial charge is 0.413 e. The number of carbonyl (C=O) groups is 2. The maximum Gasteiger partial charge on any atom is 0.413 e. The summed E-state index contributed by atoms with van der Waals surface area (Å²) in [5.74, 6) is -1.24. The number of anilines is 1. The number of hydrogen-bond donors (Lipinski definition) is 2. The first-order chi connectivity index (χ1) is 18.7. The van der Waals surface area contributed by atoms with Crippen LogP contribution in [0.3, 0.4) is 0 Å². The van der Waals surface area contributed by atoms with Crippen molar-refractivity contribution in [1.82, 2.24) is 4.98 Å². The van der Waals surface area contributed by atoms with Gasteiger partial charge in [-0.1, -0.05) is 102 Å². The lowest BCUT2D eigenvalue weighted by atomic mass is 9.80. The van der Waals surface area contributed by atoms with E-state index in [-0.39, 0.29) is 11.5 Å². The minimum Gasteiger partial charge on any atom is -0.476 e. The van der Waals surface area contributed by atoms with Crippen LogP contribution in [0, 0.1) is 0 Å². The minimum absolute atomic E-state index is 0.000793. The summed E-state index contributed by atoms with van der Waals surface area (Å²) >= 11 is 0. The molecule has 0 unspecified atom stereocenters. The number of aliphatic carboxylic acids is 1. The molecule has 4 aromatic rings. The molecule has 0 fully saturated rings. The van der Waals surface area contributed by atoms with Crippen LogP contribution in [-0.4, -0.2) is 33.5 Å². The number of benzene rings is 3. The van der Waals surface area contributed by atoms with Crippen molar-refractivity contribution >= 4 is 23.6 Å². The van der Waals surface area contributed by atoms with Crippen molar-refractivity contribution in [2.24, 2.45) is 5.16 Å². The fourth-order valence-electron chi connectivity index (χ4n) is 4.03. The van der Waals surface area contributed by atoms with E-state index in [1.165, 1.54) is 12.1 Å². The van der Waals surface area contributed by atoms with E-state index in [1.54, 1.807) is 26.8 Å². The molecular weight excluding hydrogens is 494 g/mol. The third-order valence-corrected chi connectivity index (χ3v) is 5.64. The van der Waals surface area contributed by atoms with Gasteiger partial charge in [-0.3, -0.25) is 5.32 Å². The predicted molar refractivity (Wildman–Crippen MR) is 149 cm³/mol. The molecule has 198 valence electrons. The quantitative estimate of drug-likeness (QED) is 0.161. The van der Waals surface area contributed by atoms with Crippen molar-refractivity contribution in [2.45, 2.75) is 32.0 Å². The van der Waals surface area contributed by atoms with Gasteiger partial charge in [0.15, 0.2) is 0 Å². The van der Waals surface area contributed by atoms with Crippen LogP contribution in [0.4, 0.5) is 10.6 Å². The highest BCUT2D eigenvalue weighted by molar-refractivity contribution is 6.41. The Bertz CT molecular complexity index is 1350. The molecule has 0 saturated heterocycles. The maximum atomic E-state index is 12.4. The Morgan fingerprint density at radius 2 is 1.23 bits per heavy atom. The summed E-state index contributed by atoms with van der Waals surface area (Å²) < 4.78 is 5.27. The average molecular weight is 524 g/mol. The molecule has 8 heteroatoms. The van der Waals surface area contributed by atoms with Crippen molar-refractivity contribution in [3.8, 4) is 0 Å². The van der Waals surface area contributed by atoms with Crippen molar-refractivity contribution < 1.29 is 24.3 Å². The molecular formula is C31H29N3O5. The molecule has 0 bridgehead atoms. The van der Waals surface area contributed by atoms with E-state index in [0.717, 1.165) is 16.7 Å². The average Bonchev–Trinajstić information content (AvgIpc) is 2.91. The first-order valence-electron chi connectivity index (χ1n) is 12.3. The van der Waals surface area contributed by atoms with Gasteiger partial charge in [-0.15, -0.1) is 0 Å². The van der Waals surface area contributed by atoms with Gasteiger partial charge in [0.25, 0.3) is 0 Å². The number of carbonyl (C=O) groups excluding carboxylic acids is 1. The number of amides is 1. The zero-order valence-electron chi connectivity index (χ0n) is 21.9. The summed E-state index contributed by atoms with van der Waals surface area (Å²) in [5.41, 5.74) is -0.151. The number of ether oxygens (including phenoxy) is 1. The van der Waals surface area contributed by atoms with E-state index in [4.69, 9.17) is 9.57 Å². The molecule has 2 N–H and O–H groups in total. The second kappa shape index (κ2) is 11.6. The first kappa shape index (κ1) is 27.1. The molecule has 3 aromatic carbocycles. The van der Waals surface area contributed by atoms with Crippen molar-refractivity contribution in [2.75, 3.05) is 5.32 Å². The van der Waals surface area contributed by atoms with Crippen LogP contribution in [-0.2, 0) is 20.0 Å². The Balaban J connectivity index is 1.80. The number of nitrogens with one attached hydrogen (secondary N) is 1. The molecule has 39 heavy (non-hydrogen) atoms. The van der Waals surface area contributed by atoms with E-state index in [1.807, 2.05) is 91.0 Å². The van der Waals surface area contributed by atoms with Gasteiger partial charge in [-0.05, 0) is 32.9 Å². The van der Waals surface area contributed by atoms with Crippen molar-refractivity contribution in [1.29, 1.82) is 0 Å². The summed E-state index contributed by atoms with van der Waals surface area (Å²) in [6.45, 7) is 5.21. The van der Waals surface area contributed by atoms with Gasteiger partial charge in [0.1, 0.15) is 17.1 Å². The van der Waals surface area contributed by atoms with Gasteiger partial charge in [-0.2, -0.15) is 0 Å². The molecule has 4 rings (SSSR count). The SMILES string of the molecule is CC(C)(C)OC(=O)Nc1cccc(/C(=N/OC(c2ccccc2)(c2ccccc2)c2ccccc2)C(=O)O)n1. The number of pyridine rings is 1. The van der Waals surface area contributed by atoms with E-state index in [0.29, 0.717) is 0 Å². The fourth-order valence-corrected chi connectivity index (χ4v) is 4.03. The molecule has 0 aliphatic rings. The lowest BCUT2D eigenvalue weighted by Gasteiger charge is -2.33. The number of oxime groups is 1. The van der Waals surface area contributed by atoms with Crippen LogP contribution in [0.25, 0.3) is 0 Å². The molecule has 1 heterocycles. The minimum atomic E-state index is -1.35. The lowest BCUT2D eigenvalue weighted by molar-refractivity contribution is -0.129. The summed E-state index contributed by atoms with van der Waals surface area (Å²) in [6, 6.07) is 33.0. The molecule has 1 aromatic heterocycles. The molecule has 0 radical (unpaired) electrons. The Morgan fingerprint density at radius 3 is 1.67 bits per heavy atom. The highest BCUT2D eigenvalue weighted by Crippen LogP contribution is 2.40. The van der Waals surface area contributed by atoms with Crippen LogP contribution < -0.4 is 5.32 Å². The topological polar surface area (TPSA) is 110 Å². The largest absolute Gasteiger partial charge is 0.476 e. The molecule has 0 atom stereocenters. The number of carboxylic acid groups (broad SMARTS) is 1. The lowest BCUT2D eigenvalue weighted by Crippen LogP contribution is -2.32. The number of nitrogens with zero attached hydrogens (tertiary/aromatic N) is 2. The van der Waals surface area contributed by atoms with Gasteiger partial charge in [-0.25, -0.2) is 14.6 Å². The van der Waals surface area contributed by atoms with Crippen molar-refractivity contribution in [3.63, 3.8) is 0 Å². The molecule has 0 saturated carbocycles. The zero-order valence-corrected chi connectivity index (χ0v) is 21.9. The van der Waals surface area contributed by atoms with Gasteiger partial charge >= 0.3 is 12.1 Å². The summed E-state index contributed by atoms with van der Waals surface area (Å²) in [6.07, 6.45) is -0.714. The normalized spacial score (nSPS) is 11.9. The zero-order chi connectivity index (χ0) is 27.9. The maximum absolute atomic E-state index is 12.4. The highest BCUT2D eigenvalue weighted by atomic mass is 16.7.